The average Bonchev–Trinajstić information content (AvgIpc) is 3.18. The van der Waals surface area contributed by atoms with Crippen molar-refractivity contribution in [3.8, 4) is 0 Å². The Morgan fingerprint density at radius 3 is 0.654 bits per heavy atom. The van der Waals surface area contributed by atoms with E-state index in [1.807, 2.05) is 0 Å². The monoisotopic (exact) mass is 726 g/mol. The quantitative estimate of drug-likeness (QED) is 0.0433. The average molecular weight is 726 g/mol. The molecule has 0 aromatic heterocycles. The van der Waals surface area contributed by atoms with Crippen molar-refractivity contribution in [3.05, 3.63) is 89.5 Å². The van der Waals surface area contributed by atoms with Crippen LogP contribution < -0.4 is 0 Å². The van der Waals surface area contributed by atoms with Crippen molar-refractivity contribution < 1.29 is 0 Å². The Morgan fingerprint density at radius 2 is 0.442 bits per heavy atom. The normalized spacial score (nSPS) is 11.5. The predicted molar refractivity (Wildman–Crippen MR) is 234 cm³/mol. The summed E-state index contributed by atoms with van der Waals surface area (Å²) in [7, 11) is -0.0811. The molecule has 0 aliphatic carbocycles. The Kier molecular flexibility index (Phi) is 25.9. The van der Waals surface area contributed by atoms with E-state index < -0.39 is 0 Å². The molecule has 0 saturated heterocycles. The Bertz CT molecular complexity index is 1050. The van der Waals surface area contributed by atoms with E-state index in [-0.39, 0.29) is 10.9 Å². The van der Waals surface area contributed by atoms with Gasteiger partial charge in [0.2, 0.25) is 0 Å². The number of hydrogen-bond acceptors (Lipinski definition) is 0. The van der Waals surface area contributed by atoms with Gasteiger partial charge in [-0.3, -0.25) is 0 Å². The van der Waals surface area contributed by atoms with Gasteiger partial charge >= 0.3 is 0 Å². The molecule has 0 aliphatic heterocycles. The van der Waals surface area contributed by atoms with Crippen molar-refractivity contribution in [2.75, 3.05) is 0 Å². The molecule has 1 heteroatoms. The van der Waals surface area contributed by atoms with Crippen LogP contribution in [0.15, 0.2) is 87.5 Å². The molecule has 290 valence electrons. The lowest BCUT2D eigenvalue weighted by atomic mass is 10.0. The fourth-order valence-corrected chi connectivity index (χ4v) is 9.75. The van der Waals surface area contributed by atoms with Crippen LogP contribution in [0.1, 0.15) is 211 Å². The molecule has 0 aliphatic rings. The van der Waals surface area contributed by atoms with Gasteiger partial charge in [0.05, 0.1) is 10.9 Å². The first-order valence-corrected chi connectivity index (χ1v) is 24.0. The summed E-state index contributed by atoms with van der Waals surface area (Å²) in [6.45, 7) is 6.92. The third kappa shape index (κ3) is 19.9. The lowest BCUT2D eigenvalue weighted by molar-refractivity contribution is 0.565. The first-order chi connectivity index (χ1) is 25.7. The zero-order valence-corrected chi connectivity index (χ0v) is 35.4. The minimum atomic E-state index is -0.0811. The van der Waals surface area contributed by atoms with Crippen molar-refractivity contribution in [2.45, 2.75) is 228 Å². The van der Waals surface area contributed by atoms with Crippen LogP contribution >= 0.6 is 0 Å². The molecular formula is C51H81S+. The van der Waals surface area contributed by atoms with Crippen molar-refractivity contribution in [3.63, 3.8) is 0 Å². The van der Waals surface area contributed by atoms with Crippen LogP contribution in [-0.4, -0.2) is 0 Å². The molecule has 0 N–H and O–H groups in total. The molecule has 0 bridgehead atoms. The molecule has 0 radical (unpaired) electrons. The van der Waals surface area contributed by atoms with Crippen LogP contribution in [0, 0.1) is 0 Å². The summed E-state index contributed by atoms with van der Waals surface area (Å²) in [5.41, 5.74) is 4.51. The Morgan fingerprint density at radius 1 is 0.250 bits per heavy atom. The number of benzene rings is 3. The highest BCUT2D eigenvalue weighted by molar-refractivity contribution is 7.97. The fourth-order valence-electron chi connectivity index (χ4n) is 7.70. The van der Waals surface area contributed by atoms with Gasteiger partial charge in [0.25, 0.3) is 0 Å². The van der Waals surface area contributed by atoms with E-state index in [1.165, 1.54) is 224 Å². The lowest BCUT2D eigenvalue weighted by Crippen LogP contribution is -2.05. The van der Waals surface area contributed by atoms with Crippen molar-refractivity contribution in [1.82, 2.24) is 0 Å². The smallest absolute Gasteiger partial charge is 0.0654 e. The van der Waals surface area contributed by atoms with Crippen molar-refractivity contribution in [2.24, 2.45) is 0 Å². The summed E-state index contributed by atoms with van der Waals surface area (Å²) in [5.74, 6) is 0. The number of hydrogen-bond donors (Lipinski definition) is 0. The van der Waals surface area contributed by atoms with Crippen molar-refractivity contribution >= 4 is 10.9 Å². The van der Waals surface area contributed by atoms with E-state index in [9.17, 15) is 0 Å². The Hall–Kier alpha value is -1.99. The van der Waals surface area contributed by atoms with Crippen LogP contribution in [0.3, 0.4) is 0 Å². The number of aryl methyl sites for hydroxylation is 3. The summed E-state index contributed by atoms with van der Waals surface area (Å²) in [6, 6.07) is 29.2. The SMILES string of the molecule is CCCCCCCCCCCc1ccc([S+](c2ccc(CCCCCCCCCCC)cc2)c2ccc(CCCCCCCCCCC)cc2)cc1. The van der Waals surface area contributed by atoms with Crippen LogP contribution in [0.25, 0.3) is 0 Å². The second-order valence-electron chi connectivity index (χ2n) is 16.0. The standard InChI is InChI=1S/C51H81S/c1-4-7-10-13-16-19-22-25-28-31-46-34-40-49(41-35-46)52(50-42-36-47(37-43-50)32-29-26-23-20-17-14-11-8-5-2)51-44-38-48(39-45-51)33-30-27-24-21-18-15-12-9-6-3/h34-45H,4-33H2,1-3H3/q+1. The summed E-state index contributed by atoms with van der Waals surface area (Å²) in [6.07, 6.45) is 41.3. The highest BCUT2D eigenvalue weighted by Gasteiger charge is 2.28. The minimum absolute atomic E-state index is 0.0811. The molecule has 0 fully saturated rings. The van der Waals surface area contributed by atoms with Gasteiger partial charge in [0.15, 0.2) is 14.7 Å². The van der Waals surface area contributed by atoms with E-state index >= 15 is 0 Å². The molecule has 0 unspecified atom stereocenters. The first kappa shape index (κ1) is 44.4. The molecule has 3 aromatic rings. The molecule has 0 spiro atoms. The molecule has 0 atom stereocenters. The van der Waals surface area contributed by atoms with Crippen LogP contribution in [0.5, 0.6) is 0 Å². The predicted octanol–water partition coefficient (Wildman–Crippen LogP) is 17.0. The van der Waals surface area contributed by atoms with Gasteiger partial charge < -0.3 is 0 Å². The van der Waals surface area contributed by atoms with Gasteiger partial charge in [-0.05, 0) is 91.6 Å². The van der Waals surface area contributed by atoms with Crippen LogP contribution in [0.2, 0.25) is 0 Å². The summed E-state index contributed by atoms with van der Waals surface area (Å²) < 4.78 is 0. The van der Waals surface area contributed by atoms with E-state index in [0.717, 1.165) is 0 Å². The number of unbranched alkanes of at least 4 members (excludes halogenated alkanes) is 24. The zero-order chi connectivity index (χ0) is 36.7. The van der Waals surface area contributed by atoms with Gasteiger partial charge in [0, 0.05) is 0 Å². The maximum atomic E-state index is 2.44. The lowest BCUT2D eigenvalue weighted by Gasteiger charge is -2.11. The number of rotatable bonds is 33. The highest BCUT2D eigenvalue weighted by Crippen LogP contribution is 2.32. The minimum Gasteiger partial charge on any atom is -0.0654 e. The second-order valence-corrected chi connectivity index (χ2v) is 18.0. The Balaban J connectivity index is 1.55. The van der Waals surface area contributed by atoms with Gasteiger partial charge in [-0.15, -0.1) is 0 Å². The van der Waals surface area contributed by atoms with Gasteiger partial charge in [-0.25, -0.2) is 0 Å². The molecule has 52 heavy (non-hydrogen) atoms. The van der Waals surface area contributed by atoms with Gasteiger partial charge in [-0.1, -0.05) is 211 Å². The molecule has 0 amide bonds. The maximum Gasteiger partial charge on any atom is 0.166 e. The fraction of sp³-hybridized carbons (Fsp3) is 0.647. The molecular weight excluding hydrogens is 645 g/mol. The van der Waals surface area contributed by atoms with E-state index in [4.69, 9.17) is 0 Å². The van der Waals surface area contributed by atoms with E-state index in [1.54, 1.807) is 0 Å². The molecule has 3 rings (SSSR count). The second kappa shape index (κ2) is 30.3. The van der Waals surface area contributed by atoms with E-state index in [2.05, 4.69) is 93.6 Å². The third-order valence-corrected chi connectivity index (χ3v) is 13.4. The van der Waals surface area contributed by atoms with E-state index in [0.29, 0.717) is 0 Å². The van der Waals surface area contributed by atoms with Crippen LogP contribution in [0.4, 0.5) is 0 Å². The third-order valence-electron chi connectivity index (χ3n) is 11.2. The molecule has 0 heterocycles. The zero-order valence-electron chi connectivity index (χ0n) is 34.5. The largest absolute Gasteiger partial charge is 0.166 e. The molecule has 3 aromatic carbocycles. The van der Waals surface area contributed by atoms with Gasteiger partial charge in [-0.2, -0.15) is 0 Å². The summed E-state index contributed by atoms with van der Waals surface area (Å²) in [5, 5.41) is 0. The topological polar surface area (TPSA) is 0 Å². The van der Waals surface area contributed by atoms with Crippen molar-refractivity contribution in [1.29, 1.82) is 0 Å². The Labute approximate surface area is 327 Å². The maximum absolute atomic E-state index is 2.44. The van der Waals surface area contributed by atoms with Gasteiger partial charge in [0.1, 0.15) is 0 Å². The van der Waals surface area contributed by atoms with Crippen LogP contribution in [-0.2, 0) is 30.2 Å². The first-order valence-electron chi connectivity index (χ1n) is 22.8. The molecule has 0 nitrogen and oxygen atoms in total. The molecule has 0 saturated carbocycles. The highest BCUT2D eigenvalue weighted by atomic mass is 32.2. The summed E-state index contributed by atoms with van der Waals surface area (Å²) >= 11 is 0. The summed E-state index contributed by atoms with van der Waals surface area (Å²) in [4.78, 5) is 4.36.